The molecule has 0 aliphatic heterocycles. The Balaban J connectivity index is 1.21. The predicted molar refractivity (Wildman–Crippen MR) is 169 cm³/mol. The fourth-order valence-corrected chi connectivity index (χ4v) is 3.88. The number of hydrogen-bond donors (Lipinski definition) is 3. The number of benzene rings is 4. The van der Waals surface area contributed by atoms with E-state index in [1.54, 1.807) is 36.4 Å². The zero-order chi connectivity index (χ0) is 29.7. The molecule has 0 aliphatic rings. The number of aliphatic imine (C=N–C) groups is 2. The molecular weight excluding hydrogens is 528 g/mol. The van der Waals surface area contributed by atoms with E-state index in [0.717, 1.165) is 22.3 Å². The molecule has 0 spiro atoms. The van der Waals surface area contributed by atoms with Gasteiger partial charge in [0.15, 0.2) is 0 Å². The highest BCUT2D eigenvalue weighted by atomic mass is 16.5. The van der Waals surface area contributed by atoms with Gasteiger partial charge in [0.2, 0.25) is 0 Å². The summed E-state index contributed by atoms with van der Waals surface area (Å²) in [6.45, 7) is 8.43. The third-order valence-corrected chi connectivity index (χ3v) is 6.34. The highest BCUT2D eigenvalue weighted by molar-refractivity contribution is 5.84. The third kappa shape index (κ3) is 8.94. The molecule has 0 bridgehead atoms. The van der Waals surface area contributed by atoms with E-state index >= 15 is 0 Å². The van der Waals surface area contributed by atoms with Gasteiger partial charge < -0.3 is 24.8 Å². The lowest BCUT2D eigenvalue weighted by molar-refractivity contribution is 0.193. The number of aliphatic hydroxyl groups is 1. The Morgan fingerprint density at radius 3 is 1.38 bits per heavy atom. The van der Waals surface area contributed by atoms with Gasteiger partial charge in [0.05, 0.1) is 19.2 Å². The van der Waals surface area contributed by atoms with Gasteiger partial charge in [0.25, 0.3) is 0 Å². The average Bonchev–Trinajstić information content (AvgIpc) is 3.01. The second-order valence-electron chi connectivity index (χ2n) is 9.55. The largest absolute Gasteiger partial charge is 0.507 e. The van der Waals surface area contributed by atoms with Crippen molar-refractivity contribution < 1.29 is 24.8 Å². The van der Waals surface area contributed by atoms with E-state index in [0.29, 0.717) is 35.8 Å². The van der Waals surface area contributed by atoms with Crippen molar-refractivity contribution >= 4 is 24.6 Å². The molecule has 0 aromatic heterocycles. The normalized spacial score (nSPS) is 11.3. The van der Waals surface area contributed by atoms with Gasteiger partial charge in [-0.15, -0.1) is 0 Å². The van der Waals surface area contributed by atoms with Gasteiger partial charge >= 0.3 is 0 Å². The SMILES string of the molecule is C=Cc1ccc(COc2ccc(/C=N/CC(O)C/N=C/c3ccc(OCc4ccc(C=C)cc4)cc3O)c(O)c2)cc1. The molecule has 0 radical (unpaired) electrons. The molecule has 0 fully saturated rings. The van der Waals surface area contributed by atoms with Crippen LogP contribution in [0.15, 0.2) is 108 Å². The van der Waals surface area contributed by atoms with Gasteiger partial charge in [-0.05, 0) is 46.5 Å². The second kappa shape index (κ2) is 15.0. The monoisotopic (exact) mass is 562 g/mol. The number of ether oxygens (including phenoxy) is 2. The summed E-state index contributed by atoms with van der Waals surface area (Å²) in [6, 6.07) is 25.7. The van der Waals surface area contributed by atoms with Crippen molar-refractivity contribution in [2.75, 3.05) is 13.1 Å². The summed E-state index contributed by atoms with van der Waals surface area (Å²) in [5.74, 6) is 1.12. The maximum Gasteiger partial charge on any atom is 0.128 e. The van der Waals surface area contributed by atoms with Gasteiger partial charge in [-0.25, -0.2) is 0 Å². The van der Waals surface area contributed by atoms with E-state index in [1.807, 2.05) is 48.5 Å². The average molecular weight is 563 g/mol. The fraction of sp³-hybridized carbons (Fsp3) is 0.143. The quantitative estimate of drug-likeness (QED) is 0.154. The summed E-state index contributed by atoms with van der Waals surface area (Å²) in [6.07, 6.45) is 5.73. The molecule has 0 amide bonds. The lowest BCUT2D eigenvalue weighted by Gasteiger charge is -2.09. The Hall–Kier alpha value is -5.14. The van der Waals surface area contributed by atoms with Crippen molar-refractivity contribution in [2.24, 2.45) is 9.98 Å². The van der Waals surface area contributed by atoms with Crippen molar-refractivity contribution in [1.82, 2.24) is 0 Å². The molecule has 0 atom stereocenters. The predicted octanol–water partition coefficient (Wildman–Crippen LogP) is 6.44. The van der Waals surface area contributed by atoms with E-state index < -0.39 is 6.10 Å². The first-order chi connectivity index (χ1) is 20.4. The molecule has 0 saturated heterocycles. The molecule has 7 nitrogen and oxygen atoms in total. The highest BCUT2D eigenvalue weighted by Crippen LogP contribution is 2.24. The molecule has 3 N–H and O–H groups in total. The Labute approximate surface area is 246 Å². The number of nitrogens with zero attached hydrogens (tertiary/aromatic N) is 2. The van der Waals surface area contributed by atoms with Crippen LogP contribution in [-0.4, -0.2) is 46.9 Å². The molecule has 4 aromatic rings. The summed E-state index contributed by atoms with van der Waals surface area (Å²) in [7, 11) is 0. The second-order valence-corrected chi connectivity index (χ2v) is 9.55. The zero-order valence-electron chi connectivity index (χ0n) is 23.3. The Morgan fingerprint density at radius 2 is 1.02 bits per heavy atom. The molecule has 4 aromatic carbocycles. The van der Waals surface area contributed by atoms with Crippen LogP contribution in [0.5, 0.6) is 23.0 Å². The minimum Gasteiger partial charge on any atom is -0.507 e. The maximum absolute atomic E-state index is 10.3. The van der Waals surface area contributed by atoms with E-state index in [4.69, 9.17) is 9.47 Å². The van der Waals surface area contributed by atoms with Crippen molar-refractivity contribution in [3.05, 3.63) is 131 Å². The minimum atomic E-state index is -0.827. The van der Waals surface area contributed by atoms with Crippen LogP contribution >= 0.6 is 0 Å². The van der Waals surface area contributed by atoms with Gasteiger partial charge in [-0.3, -0.25) is 9.98 Å². The van der Waals surface area contributed by atoms with Gasteiger partial charge in [-0.1, -0.05) is 73.8 Å². The Bertz CT molecular complexity index is 1430. The lowest BCUT2D eigenvalue weighted by Crippen LogP contribution is -2.15. The Kier molecular flexibility index (Phi) is 10.7. The van der Waals surface area contributed by atoms with Crippen LogP contribution < -0.4 is 9.47 Å². The summed E-state index contributed by atoms with van der Waals surface area (Å²) in [4.78, 5) is 8.45. The molecule has 7 heteroatoms. The smallest absolute Gasteiger partial charge is 0.128 e. The van der Waals surface area contributed by atoms with Crippen LogP contribution in [0.1, 0.15) is 33.4 Å². The van der Waals surface area contributed by atoms with Gasteiger partial charge in [0.1, 0.15) is 36.2 Å². The standard InChI is InChI=1S/C35H34N2O5/c1-3-25-5-9-27(10-6-25)23-41-32-15-13-29(34(39)17-32)19-36-21-31(38)22-37-20-30-14-16-33(18-35(30)40)42-24-28-11-7-26(4-2)8-12-28/h3-20,31,38-40H,1-2,21-24H2/b36-19+,37-20+. The molecular formula is C35H34N2O5. The molecule has 0 heterocycles. The van der Waals surface area contributed by atoms with Crippen LogP contribution in [0, 0.1) is 0 Å². The summed E-state index contributed by atoms with van der Waals surface area (Å²) in [5, 5.41) is 30.9. The number of rotatable bonds is 14. The zero-order valence-corrected chi connectivity index (χ0v) is 23.3. The minimum absolute atomic E-state index is 0.0271. The number of aromatic hydroxyl groups is 2. The number of hydrogen-bond acceptors (Lipinski definition) is 7. The van der Waals surface area contributed by atoms with Gasteiger partial charge in [0, 0.05) is 35.7 Å². The molecule has 42 heavy (non-hydrogen) atoms. The summed E-state index contributed by atoms with van der Waals surface area (Å²) in [5.41, 5.74) is 5.10. The molecule has 0 aliphatic carbocycles. The van der Waals surface area contributed by atoms with E-state index in [2.05, 4.69) is 23.1 Å². The van der Waals surface area contributed by atoms with Crippen LogP contribution in [-0.2, 0) is 13.2 Å². The van der Waals surface area contributed by atoms with Crippen LogP contribution in [0.4, 0.5) is 0 Å². The van der Waals surface area contributed by atoms with Crippen LogP contribution in [0.3, 0.4) is 0 Å². The molecule has 0 unspecified atom stereocenters. The van der Waals surface area contributed by atoms with Crippen molar-refractivity contribution in [3.8, 4) is 23.0 Å². The first kappa shape index (κ1) is 29.8. The number of phenols is 2. The number of phenolic OH excluding ortho intramolecular Hbond substituents is 2. The van der Waals surface area contributed by atoms with Crippen molar-refractivity contribution in [1.29, 1.82) is 0 Å². The number of aliphatic hydroxyl groups excluding tert-OH is 1. The first-order valence-corrected chi connectivity index (χ1v) is 13.5. The first-order valence-electron chi connectivity index (χ1n) is 13.5. The molecule has 0 saturated carbocycles. The molecule has 4 rings (SSSR count). The van der Waals surface area contributed by atoms with Crippen LogP contribution in [0.2, 0.25) is 0 Å². The van der Waals surface area contributed by atoms with Gasteiger partial charge in [-0.2, -0.15) is 0 Å². The van der Waals surface area contributed by atoms with E-state index in [9.17, 15) is 15.3 Å². The lowest BCUT2D eigenvalue weighted by atomic mass is 10.1. The van der Waals surface area contributed by atoms with Crippen LogP contribution in [0.25, 0.3) is 12.2 Å². The summed E-state index contributed by atoms with van der Waals surface area (Å²) >= 11 is 0. The van der Waals surface area contributed by atoms with Crippen molar-refractivity contribution in [2.45, 2.75) is 19.3 Å². The summed E-state index contributed by atoms with van der Waals surface area (Å²) < 4.78 is 11.5. The highest BCUT2D eigenvalue weighted by Gasteiger charge is 2.06. The topological polar surface area (TPSA) is 104 Å². The maximum atomic E-state index is 10.3. The van der Waals surface area contributed by atoms with Crippen molar-refractivity contribution in [3.63, 3.8) is 0 Å². The van der Waals surface area contributed by atoms with E-state index in [1.165, 1.54) is 24.6 Å². The van der Waals surface area contributed by atoms with E-state index in [-0.39, 0.29) is 24.6 Å². The Morgan fingerprint density at radius 1 is 0.619 bits per heavy atom. The third-order valence-electron chi connectivity index (χ3n) is 6.34. The molecule has 214 valence electrons. The fourth-order valence-electron chi connectivity index (χ4n) is 3.88.